The molecule has 3 saturated heterocycles. The Morgan fingerprint density at radius 2 is 1.79 bits per heavy atom. The van der Waals surface area contributed by atoms with Crippen molar-refractivity contribution in [1.82, 2.24) is 9.80 Å². The van der Waals surface area contributed by atoms with E-state index >= 15 is 0 Å². The molecule has 3 unspecified atom stereocenters. The van der Waals surface area contributed by atoms with Crippen LogP contribution in [-0.4, -0.2) is 66.3 Å². The Balaban J connectivity index is 1.69. The molecule has 6 nitrogen and oxygen atoms in total. The third-order valence-corrected chi connectivity index (χ3v) is 3.83. The highest BCUT2D eigenvalue weighted by Crippen LogP contribution is 2.26. The summed E-state index contributed by atoms with van der Waals surface area (Å²) >= 11 is 0. The average molecular weight is 268 g/mol. The van der Waals surface area contributed by atoms with Gasteiger partial charge in [0.15, 0.2) is 0 Å². The summed E-state index contributed by atoms with van der Waals surface area (Å²) in [6.07, 6.45) is 2.90. The van der Waals surface area contributed by atoms with Crippen molar-refractivity contribution in [2.45, 2.75) is 44.4 Å². The standard InChI is InChI=1S/C13H20N2O4/c1-2-3-4-11-12(16)15(6-10-8-19-10)13(17)14(11)5-9-7-18-9/h9-11H,2-8H2,1H3. The summed E-state index contributed by atoms with van der Waals surface area (Å²) in [6, 6.07) is -0.465. The number of imide groups is 1. The molecule has 6 heteroatoms. The van der Waals surface area contributed by atoms with E-state index in [9.17, 15) is 9.59 Å². The summed E-state index contributed by atoms with van der Waals surface area (Å²) in [4.78, 5) is 27.8. The molecule has 3 aliphatic heterocycles. The lowest BCUT2D eigenvalue weighted by Crippen LogP contribution is -2.38. The third-order valence-electron chi connectivity index (χ3n) is 3.83. The highest BCUT2D eigenvalue weighted by molar-refractivity contribution is 6.04. The van der Waals surface area contributed by atoms with Gasteiger partial charge in [-0.3, -0.25) is 9.69 Å². The van der Waals surface area contributed by atoms with E-state index in [1.54, 1.807) is 4.90 Å². The van der Waals surface area contributed by atoms with Crippen LogP contribution in [0.15, 0.2) is 0 Å². The molecular formula is C13H20N2O4. The van der Waals surface area contributed by atoms with Crippen LogP contribution in [0.5, 0.6) is 0 Å². The summed E-state index contributed by atoms with van der Waals surface area (Å²) in [7, 11) is 0. The van der Waals surface area contributed by atoms with Gasteiger partial charge in [-0.05, 0) is 6.42 Å². The van der Waals surface area contributed by atoms with Crippen LogP contribution in [0.1, 0.15) is 26.2 Å². The van der Waals surface area contributed by atoms with Crippen LogP contribution in [-0.2, 0) is 14.3 Å². The van der Waals surface area contributed by atoms with E-state index in [-0.39, 0.29) is 30.2 Å². The summed E-state index contributed by atoms with van der Waals surface area (Å²) in [5.41, 5.74) is 0. The minimum absolute atomic E-state index is 0.0526. The van der Waals surface area contributed by atoms with Gasteiger partial charge in [0.25, 0.3) is 5.91 Å². The first-order valence-corrected chi connectivity index (χ1v) is 7.06. The predicted octanol–water partition coefficient (Wildman–Crippen LogP) is 0.607. The fraction of sp³-hybridized carbons (Fsp3) is 0.846. The van der Waals surface area contributed by atoms with Crippen LogP contribution >= 0.6 is 0 Å². The Kier molecular flexibility index (Phi) is 3.45. The molecule has 0 radical (unpaired) electrons. The fourth-order valence-electron chi connectivity index (χ4n) is 2.52. The van der Waals surface area contributed by atoms with Gasteiger partial charge in [0, 0.05) is 0 Å². The van der Waals surface area contributed by atoms with E-state index in [0.717, 1.165) is 19.3 Å². The molecule has 3 rings (SSSR count). The van der Waals surface area contributed by atoms with E-state index in [2.05, 4.69) is 6.92 Å². The zero-order chi connectivity index (χ0) is 13.4. The van der Waals surface area contributed by atoms with Crippen LogP contribution < -0.4 is 0 Å². The van der Waals surface area contributed by atoms with Crippen LogP contribution in [0.25, 0.3) is 0 Å². The number of carbonyl (C=O) groups is 2. The molecule has 0 aromatic heterocycles. The molecule has 0 aliphatic carbocycles. The Hall–Kier alpha value is -1.14. The smallest absolute Gasteiger partial charge is 0.327 e. The maximum atomic E-state index is 12.4. The van der Waals surface area contributed by atoms with Crippen molar-refractivity contribution in [1.29, 1.82) is 0 Å². The quantitative estimate of drug-likeness (QED) is 0.501. The molecule has 0 spiro atoms. The second-order valence-electron chi connectivity index (χ2n) is 5.45. The van der Waals surface area contributed by atoms with E-state index in [0.29, 0.717) is 26.3 Å². The topological polar surface area (TPSA) is 65.7 Å². The molecule has 0 aromatic rings. The third kappa shape index (κ3) is 2.74. The van der Waals surface area contributed by atoms with E-state index in [4.69, 9.17) is 9.47 Å². The van der Waals surface area contributed by atoms with Crippen molar-refractivity contribution < 1.29 is 19.1 Å². The monoisotopic (exact) mass is 268 g/mol. The number of hydrogen-bond acceptors (Lipinski definition) is 4. The van der Waals surface area contributed by atoms with Gasteiger partial charge in [0.1, 0.15) is 6.04 Å². The average Bonchev–Trinajstić information content (AvgIpc) is 3.27. The first kappa shape index (κ1) is 12.9. The number of urea groups is 1. The highest BCUT2D eigenvalue weighted by Gasteiger charge is 2.48. The minimum atomic E-state index is -0.296. The number of epoxide rings is 2. The van der Waals surface area contributed by atoms with Gasteiger partial charge in [-0.15, -0.1) is 0 Å². The molecule has 3 atom stereocenters. The van der Waals surface area contributed by atoms with Gasteiger partial charge in [-0.1, -0.05) is 19.8 Å². The Morgan fingerprint density at radius 3 is 2.37 bits per heavy atom. The summed E-state index contributed by atoms with van der Waals surface area (Å²) in [6.45, 7) is 4.39. The van der Waals surface area contributed by atoms with Crippen LogP contribution in [0.3, 0.4) is 0 Å². The minimum Gasteiger partial charge on any atom is -0.371 e. The summed E-state index contributed by atoms with van der Waals surface area (Å²) in [5, 5.41) is 0. The van der Waals surface area contributed by atoms with Crippen molar-refractivity contribution in [3.8, 4) is 0 Å². The summed E-state index contributed by atoms with van der Waals surface area (Å²) < 4.78 is 10.3. The lowest BCUT2D eigenvalue weighted by molar-refractivity contribution is -0.128. The normalized spacial score (nSPS) is 33.2. The molecule has 0 aromatic carbocycles. The lowest BCUT2D eigenvalue weighted by atomic mass is 10.1. The molecule has 3 aliphatic rings. The van der Waals surface area contributed by atoms with Crippen molar-refractivity contribution in [2.24, 2.45) is 0 Å². The van der Waals surface area contributed by atoms with Gasteiger partial charge in [-0.25, -0.2) is 4.79 Å². The van der Waals surface area contributed by atoms with Crippen molar-refractivity contribution in [3.63, 3.8) is 0 Å². The van der Waals surface area contributed by atoms with Gasteiger partial charge in [0.2, 0.25) is 0 Å². The predicted molar refractivity (Wildman–Crippen MR) is 66.6 cm³/mol. The number of carbonyl (C=O) groups excluding carboxylic acids is 2. The van der Waals surface area contributed by atoms with Crippen molar-refractivity contribution in [3.05, 3.63) is 0 Å². The van der Waals surface area contributed by atoms with Gasteiger partial charge in [0.05, 0.1) is 38.5 Å². The van der Waals surface area contributed by atoms with Gasteiger partial charge >= 0.3 is 6.03 Å². The molecule has 0 N–H and O–H groups in total. The SMILES string of the molecule is CCCCC1C(=O)N(CC2CO2)C(=O)N1CC1CO1. The van der Waals surface area contributed by atoms with Crippen molar-refractivity contribution >= 4 is 11.9 Å². The Bertz CT molecular complexity index is 379. The number of rotatable bonds is 7. The molecule has 3 heterocycles. The first-order valence-electron chi connectivity index (χ1n) is 7.06. The largest absolute Gasteiger partial charge is 0.371 e. The first-order chi connectivity index (χ1) is 9.20. The molecule has 0 bridgehead atoms. The Morgan fingerprint density at radius 1 is 1.16 bits per heavy atom. The maximum absolute atomic E-state index is 12.4. The van der Waals surface area contributed by atoms with Crippen molar-refractivity contribution in [2.75, 3.05) is 26.3 Å². The summed E-state index contributed by atoms with van der Waals surface area (Å²) in [5.74, 6) is -0.0606. The highest BCUT2D eigenvalue weighted by atomic mass is 16.6. The van der Waals surface area contributed by atoms with E-state index in [1.165, 1.54) is 4.90 Å². The number of hydrogen-bond donors (Lipinski definition) is 0. The van der Waals surface area contributed by atoms with Crippen LogP contribution in [0.4, 0.5) is 4.79 Å². The second-order valence-corrected chi connectivity index (χ2v) is 5.45. The number of nitrogens with zero attached hydrogens (tertiary/aromatic N) is 2. The Labute approximate surface area is 112 Å². The fourth-order valence-corrected chi connectivity index (χ4v) is 2.52. The molecule has 3 amide bonds. The molecule has 3 fully saturated rings. The number of unbranched alkanes of at least 4 members (excludes halogenated alkanes) is 1. The van der Waals surface area contributed by atoms with E-state index in [1.807, 2.05) is 0 Å². The van der Waals surface area contributed by atoms with Crippen LogP contribution in [0, 0.1) is 0 Å². The second kappa shape index (κ2) is 5.09. The van der Waals surface area contributed by atoms with E-state index < -0.39 is 0 Å². The number of amides is 3. The molecule has 19 heavy (non-hydrogen) atoms. The maximum Gasteiger partial charge on any atom is 0.327 e. The zero-order valence-corrected chi connectivity index (χ0v) is 11.2. The molecular weight excluding hydrogens is 248 g/mol. The molecule has 0 saturated carbocycles. The number of ether oxygens (including phenoxy) is 2. The molecule has 106 valence electrons. The zero-order valence-electron chi connectivity index (χ0n) is 11.2. The van der Waals surface area contributed by atoms with Crippen LogP contribution in [0.2, 0.25) is 0 Å². The lowest BCUT2D eigenvalue weighted by Gasteiger charge is -2.20. The van der Waals surface area contributed by atoms with Gasteiger partial charge < -0.3 is 14.4 Å². The van der Waals surface area contributed by atoms with Gasteiger partial charge in [-0.2, -0.15) is 0 Å².